The van der Waals surface area contributed by atoms with Gasteiger partial charge in [0.25, 0.3) is 0 Å². The molecule has 0 aliphatic heterocycles. The first kappa shape index (κ1) is 24.5. The van der Waals surface area contributed by atoms with Crippen LogP contribution in [0, 0.1) is 11.3 Å². The molecule has 0 saturated heterocycles. The lowest BCUT2D eigenvalue weighted by atomic mass is 10.0. The molecule has 204 valence electrons. The lowest BCUT2D eigenvalue weighted by molar-refractivity contribution is 1.18. The minimum atomic E-state index is 0.678. The van der Waals surface area contributed by atoms with E-state index in [1.807, 2.05) is 18.2 Å². The molecule has 0 unspecified atom stereocenters. The maximum absolute atomic E-state index is 9.34. The minimum absolute atomic E-state index is 0.678. The maximum atomic E-state index is 9.34. The number of benzene rings is 7. The van der Waals surface area contributed by atoms with Gasteiger partial charge in [0, 0.05) is 32.9 Å². The van der Waals surface area contributed by atoms with Crippen molar-refractivity contribution >= 4 is 54.4 Å². The molecule has 0 N–H and O–H groups in total. The predicted octanol–water partition coefficient (Wildman–Crippen LogP) is 10.6. The molecule has 0 aliphatic carbocycles. The highest BCUT2D eigenvalue weighted by Gasteiger charge is 2.16. The molecule has 9 rings (SSSR count). The van der Waals surface area contributed by atoms with Gasteiger partial charge in [-0.15, -0.1) is 0 Å². The topological polar surface area (TPSA) is 33.6 Å². The molecule has 3 nitrogen and oxygen atoms in total. The fraction of sp³-hybridized carbons (Fsp3) is 0. The molecule has 7 aromatic carbocycles. The Bertz CT molecular complexity index is 2610. The molecule has 2 heterocycles. The number of aromatic nitrogens is 2. The fourth-order valence-electron chi connectivity index (χ4n) is 6.88. The number of nitriles is 1. The summed E-state index contributed by atoms with van der Waals surface area (Å²) in [6, 6.07) is 56.2. The Kier molecular flexibility index (Phi) is 5.26. The third-order valence-corrected chi connectivity index (χ3v) is 8.91. The van der Waals surface area contributed by atoms with Gasteiger partial charge in [-0.1, -0.05) is 84.9 Å². The van der Waals surface area contributed by atoms with Crippen molar-refractivity contribution in [2.45, 2.75) is 0 Å². The maximum Gasteiger partial charge on any atom is 0.0991 e. The van der Waals surface area contributed by atoms with E-state index >= 15 is 0 Å². The first-order chi connectivity index (χ1) is 21.8. The van der Waals surface area contributed by atoms with Crippen LogP contribution in [0.1, 0.15) is 5.56 Å². The molecule has 0 amide bonds. The van der Waals surface area contributed by atoms with E-state index in [9.17, 15) is 5.26 Å². The van der Waals surface area contributed by atoms with Crippen molar-refractivity contribution in [3.05, 3.63) is 157 Å². The molecule has 0 bridgehead atoms. The average molecular weight is 560 g/mol. The van der Waals surface area contributed by atoms with Gasteiger partial charge in [-0.3, -0.25) is 0 Å². The van der Waals surface area contributed by atoms with Crippen LogP contribution in [-0.4, -0.2) is 9.13 Å². The van der Waals surface area contributed by atoms with E-state index in [1.165, 1.54) is 54.7 Å². The Morgan fingerprint density at radius 2 is 0.977 bits per heavy atom. The first-order valence-electron chi connectivity index (χ1n) is 14.8. The summed E-state index contributed by atoms with van der Waals surface area (Å²) in [6.07, 6.45) is 0. The van der Waals surface area contributed by atoms with Crippen molar-refractivity contribution in [2.75, 3.05) is 0 Å². The molecule has 0 spiro atoms. The summed E-state index contributed by atoms with van der Waals surface area (Å²) in [5.74, 6) is 0. The van der Waals surface area contributed by atoms with E-state index in [2.05, 4.69) is 149 Å². The van der Waals surface area contributed by atoms with Crippen LogP contribution in [0.2, 0.25) is 0 Å². The number of fused-ring (bicyclic) bond motifs is 7. The molecular weight excluding hydrogens is 534 g/mol. The molecular formula is C41H25N3. The molecule has 0 fully saturated rings. The standard InChI is InChI=1S/C41H25N3/c42-26-27-14-15-29-23-33(19-16-28(29)22-27)44-39-13-7-5-11-35(39)37-24-30(18-21-40(37)44)31-17-20-36-34-10-4-6-12-38(34)43(41(36)25-31)32-8-2-1-3-9-32/h1-25H. The Labute approximate surface area is 254 Å². The molecule has 0 aliphatic rings. The van der Waals surface area contributed by atoms with Crippen molar-refractivity contribution in [3.8, 4) is 28.6 Å². The molecule has 44 heavy (non-hydrogen) atoms. The second kappa shape index (κ2) is 9.46. The summed E-state index contributed by atoms with van der Waals surface area (Å²) in [5.41, 5.74) is 10.1. The van der Waals surface area contributed by atoms with Gasteiger partial charge < -0.3 is 9.13 Å². The molecule has 9 aromatic rings. The van der Waals surface area contributed by atoms with Crippen LogP contribution in [0.25, 0.3) is 76.9 Å². The predicted molar refractivity (Wildman–Crippen MR) is 183 cm³/mol. The van der Waals surface area contributed by atoms with Crippen LogP contribution >= 0.6 is 0 Å². The SMILES string of the molecule is N#Cc1ccc2cc(-n3c4ccccc4c4cc(-c5ccc6c7ccccc7n(-c7ccccc7)c6c5)ccc43)ccc2c1. The van der Waals surface area contributed by atoms with Gasteiger partial charge in [0.15, 0.2) is 0 Å². The number of hydrogen-bond donors (Lipinski definition) is 0. The van der Waals surface area contributed by atoms with E-state index in [0.717, 1.165) is 22.1 Å². The summed E-state index contributed by atoms with van der Waals surface area (Å²) in [4.78, 5) is 0. The van der Waals surface area contributed by atoms with E-state index in [4.69, 9.17) is 0 Å². The summed E-state index contributed by atoms with van der Waals surface area (Å²) < 4.78 is 4.72. The van der Waals surface area contributed by atoms with Gasteiger partial charge in [-0.2, -0.15) is 5.26 Å². The van der Waals surface area contributed by atoms with Crippen molar-refractivity contribution in [1.29, 1.82) is 5.26 Å². The van der Waals surface area contributed by atoms with Gasteiger partial charge in [-0.05, 0) is 88.6 Å². The third kappa shape index (κ3) is 3.62. The van der Waals surface area contributed by atoms with Crippen molar-refractivity contribution < 1.29 is 0 Å². The first-order valence-corrected chi connectivity index (χ1v) is 14.8. The second-order valence-electron chi connectivity index (χ2n) is 11.4. The second-order valence-corrected chi connectivity index (χ2v) is 11.4. The monoisotopic (exact) mass is 559 g/mol. The van der Waals surface area contributed by atoms with Crippen LogP contribution in [0.3, 0.4) is 0 Å². The van der Waals surface area contributed by atoms with Crippen LogP contribution in [0.4, 0.5) is 0 Å². The van der Waals surface area contributed by atoms with E-state index in [-0.39, 0.29) is 0 Å². The van der Waals surface area contributed by atoms with Crippen LogP contribution in [0.15, 0.2) is 152 Å². The van der Waals surface area contributed by atoms with Crippen LogP contribution in [0.5, 0.6) is 0 Å². The summed E-state index contributed by atoms with van der Waals surface area (Å²) in [5, 5.41) is 16.5. The third-order valence-electron chi connectivity index (χ3n) is 8.91. The van der Waals surface area contributed by atoms with Crippen LogP contribution < -0.4 is 0 Å². The number of hydrogen-bond acceptors (Lipinski definition) is 1. The van der Waals surface area contributed by atoms with Crippen molar-refractivity contribution in [3.63, 3.8) is 0 Å². The number of rotatable bonds is 3. The Balaban J connectivity index is 1.25. The Hall–Kier alpha value is -6.11. The molecule has 0 radical (unpaired) electrons. The smallest absolute Gasteiger partial charge is 0.0991 e. The average Bonchev–Trinajstić information content (AvgIpc) is 3.60. The van der Waals surface area contributed by atoms with Gasteiger partial charge in [0.05, 0.1) is 33.7 Å². The van der Waals surface area contributed by atoms with Gasteiger partial charge in [-0.25, -0.2) is 0 Å². The van der Waals surface area contributed by atoms with E-state index in [1.54, 1.807) is 0 Å². The van der Waals surface area contributed by atoms with Gasteiger partial charge >= 0.3 is 0 Å². The molecule has 0 saturated carbocycles. The zero-order chi connectivity index (χ0) is 29.2. The van der Waals surface area contributed by atoms with Crippen LogP contribution in [-0.2, 0) is 0 Å². The van der Waals surface area contributed by atoms with E-state index in [0.29, 0.717) is 5.56 Å². The highest BCUT2D eigenvalue weighted by Crippen LogP contribution is 2.38. The van der Waals surface area contributed by atoms with Crippen molar-refractivity contribution in [1.82, 2.24) is 9.13 Å². The van der Waals surface area contributed by atoms with Crippen molar-refractivity contribution in [2.24, 2.45) is 0 Å². The highest BCUT2D eigenvalue weighted by molar-refractivity contribution is 6.12. The number of para-hydroxylation sites is 3. The lowest BCUT2D eigenvalue weighted by Crippen LogP contribution is -1.94. The highest BCUT2D eigenvalue weighted by atomic mass is 15.0. The normalized spacial score (nSPS) is 11.6. The minimum Gasteiger partial charge on any atom is -0.309 e. The van der Waals surface area contributed by atoms with E-state index < -0.39 is 0 Å². The zero-order valence-electron chi connectivity index (χ0n) is 23.8. The fourth-order valence-corrected chi connectivity index (χ4v) is 6.88. The summed E-state index contributed by atoms with van der Waals surface area (Å²) in [7, 11) is 0. The lowest BCUT2D eigenvalue weighted by Gasteiger charge is -2.11. The van der Waals surface area contributed by atoms with Gasteiger partial charge in [0.2, 0.25) is 0 Å². The largest absolute Gasteiger partial charge is 0.309 e. The summed E-state index contributed by atoms with van der Waals surface area (Å²) in [6.45, 7) is 0. The van der Waals surface area contributed by atoms with Gasteiger partial charge in [0.1, 0.15) is 0 Å². The zero-order valence-corrected chi connectivity index (χ0v) is 23.8. The molecule has 2 aromatic heterocycles. The summed E-state index contributed by atoms with van der Waals surface area (Å²) >= 11 is 0. The quantitative estimate of drug-likeness (QED) is 0.212. The molecule has 0 atom stereocenters. The number of nitrogens with zero attached hydrogens (tertiary/aromatic N) is 3. The molecule has 3 heteroatoms. The Morgan fingerprint density at radius 1 is 0.386 bits per heavy atom. The Morgan fingerprint density at radius 3 is 1.77 bits per heavy atom.